The van der Waals surface area contributed by atoms with Crippen molar-refractivity contribution in [3.63, 3.8) is 0 Å². The van der Waals surface area contributed by atoms with Gasteiger partial charge in [-0.3, -0.25) is 0 Å². The zero-order valence-corrected chi connectivity index (χ0v) is 11.8. The second-order valence-corrected chi connectivity index (χ2v) is 5.66. The third kappa shape index (κ3) is 3.53. The number of rotatable bonds is 4. The van der Waals surface area contributed by atoms with Crippen LogP contribution in [0.2, 0.25) is 0 Å². The molecule has 1 saturated carbocycles. The van der Waals surface area contributed by atoms with Crippen LogP contribution in [0.15, 0.2) is 18.2 Å². The van der Waals surface area contributed by atoms with Gasteiger partial charge in [0.15, 0.2) is 11.6 Å². The smallest absolute Gasteiger partial charge is 0.163 e. The van der Waals surface area contributed by atoms with Gasteiger partial charge >= 0.3 is 0 Å². The second-order valence-electron chi connectivity index (χ2n) is 5.66. The van der Waals surface area contributed by atoms with Crippen LogP contribution in [0, 0.1) is 17.6 Å². The van der Waals surface area contributed by atoms with Crippen LogP contribution in [0.4, 0.5) is 8.78 Å². The minimum atomic E-state index is -0.763. The van der Waals surface area contributed by atoms with Crippen molar-refractivity contribution < 1.29 is 8.78 Å². The Hall–Kier alpha value is -0.960. The van der Waals surface area contributed by atoms with Crippen LogP contribution < -0.4 is 5.32 Å². The predicted molar refractivity (Wildman–Crippen MR) is 73.9 cm³/mol. The molecule has 1 atom stereocenters. The summed E-state index contributed by atoms with van der Waals surface area (Å²) in [5.41, 5.74) is 0.428. The van der Waals surface area contributed by atoms with Crippen LogP contribution >= 0.6 is 0 Å². The maximum atomic E-state index is 13.7. The van der Waals surface area contributed by atoms with Crippen molar-refractivity contribution >= 4 is 0 Å². The maximum Gasteiger partial charge on any atom is 0.163 e. The highest BCUT2D eigenvalue weighted by atomic mass is 19.2. The van der Waals surface area contributed by atoms with E-state index in [0.717, 1.165) is 24.8 Å². The molecule has 1 aliphatic rings. The van der Waals surface area contributed by atoms with Crippen LogP contribution in [0.25, 0.3) is 0 Å². The van der Waals surface area contributed by atoms with Crippen LogP contribution in [-0.4, -0.2) is 6.04 Å². The minimum absolute atomic E-state index is 0.140. The van der Waals surface area contributed by atoms with Gasteiger partial charge in [0.1, 0.15) is 0 Å². The molecule has 1 fully saturated rings. The summed E-state index contributed by atoms with van der Waals surface area (Å²) in [6, 6.07) is 4.69. The zero-order chi connectivity index (χ0) is 13.8. The third-order valence-electron chi connectivity index (χ3n) is 4.36. The lowest BCUT2D eigenvalue weighted by atomic mass is 9.84. The molecule has 0 bridgehead atoms. The highest BCUT2D eigenvalue weighted by Crippen LogP contribution is 2.28. The van der Waals surface area contributed by atoms with Gasteiger partial charge in [-0.1, -0.05) is 25.5 Å². The fourth-order valence-corrected chi connectivity index (χ4v) is 3.04. The number of halogens is 2. The molecule has 2 rings (SSSR count). The Labute approximate surface area is 114 Å². The van der Waals surface area contributed by atoms with Crippen molar-refractivity contribution in [1.29, 1.82) is 0 Å². The molecule has 19 heavy (non-hydrogen) atoms. The molecule has 1 unspecified atom stereocenters. The van der Waals surface area contributed by atoms with Gasteiger partial charge in [0, 0.05) is 17.6 Å². The summed E-state index contributed by atoms with van der Waals surface area (Å²) < 4.78 is 26.9. The molecule has 0 aromatic heterocycles. The first-order chi connectivity index (χ1) is 9.11. The van der Waals surface area contributed by atoms with E-state index in [1.165, 1.54) is 19.3 Å². The van der Waals surface area contributed by atoms with Crippen molar-refractivity contribution in [3.05, 3.63) is 35.4 Å². The summed E-state index contributed by atoms with van der Waals surface area (Å²) >= 11 is 0. The Bertz CT molecular complexity index is 411. The highest BCUT2D eigenvalue weighted by molar-refractivity contribution is 5.22. The summed E-state index contributed by atoms with van der Waals surface area (Å²) in [4.78, 5) is 0. The van der Waals surface area contributed by atoms with Crippen LogP contribution in [0.3, 0.4) is 0 Å². The Morgan fingerprint density at radius 1 is 1.21 bits per heavy atom. The van der Waals surface area contributed by atoms with Gasteiger partial charge < -0.3 is 5.32 Å². The lowest BCUT2D eigenvalue weighted by Crippen LogP contribution is -2.35. The van der Waals surface area contributed by atoms with E-state index < -0.39 is 11.6 Å². The average Bonchev–Trinajstić information content (AvgIpc) is 2.42. The predicted octanol–water partition coefficient (Wildman–Crippen LogP) is 4.58. The van der Waals surface area contributed by atoms with E-state index in [1.54, 1.807) is 12.1 Å². The molecule has 1 N–H and O–H groups in total. The normalized spacial score (nSPS) is 25.3. The minimum Gasteiger partial charge on any atom is -0.307 e. The Morgan fingerprint density at radius 2 is 1.89 bits per heavy atom. The van der Waals surface area contributed by atoms with Crippen LogP contribution in [0.5, 0.6) is 0 Å². The zero-order valence-electron chi connectivity index (χ0n) is 11.8. The van der Waals surface area contributed by atoms with Crippen molar-refractivity contribution in [3.8, 4) is 0 Å². The molecule has 3 heteroatoms. The Balaban J connectivity index is 1.94. The Morgan fingerprint density at radius 3 is 2.53 bits per heavy atom. The summed E-state index contributed by atoms with van der Waals surface area (Å²) in [6.45, 7) is 4.15. The summed E-state index contributed by atoms with van der Waals surface area (Å²) in [6.07, 6.45) is 6.01. The molecule has 1 aromatic carbocycles. The van der Waals surface area contributed by atoms with Crippen molar-refractivity contribution in [2.24, 2.45) is 5.92 Å². The van der Waals surface area contributed by atoms with Crippen molar-refractivity contribution in [2.45, 2.75) is 58.0 Å². The fraction of sp³-hybridized carbons (Fsp3) is 0.625. The van der Waals surface area contributed by atoms with Gasteiger partial charge in [0.05, 0.1) is 0 Å². The molecule has 0 heterocycles. The van der Waals surface area contributed by atoms with Crippen LogP contribution in [-0.2, 0) is 0 Å². The van der Waals surface area contributed by atoms with E-state index in [2.05, 4.69) is 12.2 Å². The summed E-state index contributed by atoms with van der Waals surface area (Å²) in [7, 11) is 0. The van der Waals surface area contributed by atoms with E-state index in [1.807, 2.05) is 6.92 Å². The molecule has 0 aliphatic heterocycles. The molecular formula is C16H23F2N. The first kappa shape index (κ1) is 14.4. The number of hydrogen-bond acceptors (Lipinski definition) is 1. The molecule has 1 aliphatic carbocycles. The first-order valence-electron chi connectivity index (χ1n) is 7.31. The van der Waals surface area contributed by atoms with Gasteiger partial charge in [-0.25, -0.2) is 8.78 Å². The highest BCUT2D eigenvalue weighted by Gasteiger charge is 2.22. The largest absolute Gasteiger partial charge is 0.307 e. The third-order valence-corrected chi connectivity index (χ3v) is 4.36. The molecule has 0 radical (unpaired) electrons. The first-order valence-corrected chi connectivity index (χ1v) is 7.31. The molecule has 0 amide bonds. The monoisotopic (exact) mass is 267 g/mol. The average molecular weight is 267 g/mol. The van der Waals surface area contributed by atoms with E-state index >= 15 is 0 Å². The van der Waals surface area contributed by atoms with Gasteiger partial charge in [-0.15, -0.1) is 0 Å². The van der Waals surface area contributed by atoms with Gasteiger partial charge in [-0.05, 0) is 44.6 Å². The van der Waals surface area contributed by atoms with Crippen LogP contribution in [0.1, 0.15) is 57.6 Å². The SMILES string of the molecule is CCC1CCC(NC(C)c2cccc(F)c2F)CC1. The molecule has 0 spiro atoms. The Kier molecular flexibility index (Phi) is 4.92. The van der Waals surface area contributed by atoms with Crippen molar-refractivity contribution in [2.75, 3.05) is 0 Å². The van der Waals surface area contributed by atoms with E-state index in [-0.39, 0.29) is 6.04 Å². The summed E-state index contributed by atoms with van der Waals surface area (Å²) in [5, 5.41) is 3.44. The van der Waals surface area contributed by atoms with Gasteiger partial charge in [0.2, 0.25) is 0 Å². The van der Waals surface area contributed by atoms with Crippen molar-refractivity contribution in [1.82, 2.24) is 5.32 Å². The standard InChI is InChI=1S/C16H23F2N/c1-3-12-7-9-13(10-8-12)19-11(2)14-5-4-6-15(17)16(14)18/h4-6,11-13,19H,3,7-10H2,1-2H3. The van der Waals surface area contributed by atoms with Gasteiger partial charge in [0.25, 0.3) is 0 Å². The quantitative estimate of drug-likeness (QED) is 0.841. The maximum absolute atomic E-state index is 13.7. The van der Waals surface area contributed by atoms with E-state index in [0.29, 0.717) is 11.6 Å². The lowest BCUT2D eigenvalue weighted by molar-refractivity contribution is 0.271. The van der Waals surface area contributed by atoms with Gasteiger partial charge in [-0.2, -0.15) is 0 Å². The van der Waals surface area contributed by atoms with E-state index in [4.69, 9.17) is 0 Å². The summed E-state index contributed by atoms with van der Waals surface area (Å²) in [5.74, 6) is -0.634. The second kappa shape index (κ2) is 6.47. The van der Waals surface area contributed by atoms with E-state index in [9.17, 15) is 8.78 Å². The molecule has 106 valence electrons. The lowest BCUT2D eigenvalue weighted by Gasteiger charge is -2.31. The fourth-order valence-electron chi connectivity index (χ4n) is 3.04. The molecule has 1 nitrogen and oxygen atoms in total. The number of hydrogen-bond donors (Lipinski definition) is 1. The number of nitrogens with one attached hydrogen (secondary N) is 1. The molecule has 1 aromatic rings. The topological polar surface area (TPSA) is 12.0 Å². The molecular weight excluding hydrogens is 244 g/mol. The number of benzene rings is 1. The molecule has 0 saturated heterocycles.